The number of ether oxygens (including phenoxy) is 1. The Labute approximate surface area is 214 Å². The first kappa shape index (κ1) is 27.0. The quantitative estimate of drug-likeness (QED) is 0.0978. The van der Waals surface area contributed by atoms with Gasteiger partial charge < -0.3 is 9.30 Å². The zero-order chi connectivity index (χ0) is 25.3. The minimum absolute atomic E-state index is 0.135. The molecule has 3 aromatic rings. The van der Waals surface area contributed by atoms with Crippen LogP contribution in [0.2, 0.25) is 5.02 Å². The number of nitrogens with zero attached hydrogens (tertiary/aromatic N) is 1. The van der Waals surface area contributed by atoms with Gasteiger partial charge in [0.25, 0.3) is 0 Å². The molecule has 0 bridgehead atoms. The van der Waals surface area contributed by atoms with Gasteiger partial charge in [-0.2, -0.15) is 0 Å². The van der Waals surface area contributed by atoms with Crippen molar-refractivity contribution >= 4 is 34.3 Å². The number of hydrogen-bond acceptors (Lipinski definition) is 3. The minimum Gasteiger partial charge on any atom is -0.465 e. The standard InChI is InChI=1S/C30H38ClNO3/c1-4-7-17-30(18-8-5-2,29(34)35-19-9-6-3)28(33)27-21-24-20-25(31)15-16-26(24)32(27)22-23-13-11-10-12-14-23/h10-16,20-21H,4-9,17-19,22H2,1-3H3. The van der Waals surface area contributed by atoms with Crippen molar-refractivity contribution in [1.29, 1.82) is 0 Å². The summed E-state index contributed by atoms with van der Waals surface area (Å²) in [6.45, 7) is 7.13. The van der Waals surface area contributed by atoms with E-state index in [2.05, 4.69) is 32.9 Å². The third-order valence-corrected chi connectivity index (χ3v) is 6.99. The van der Waals surface area contributed by atoms with Gasteiger partial charge in [0.1, 0.15) is 5.41 Å². The molecule has 0 unspecified atom stereocenters. The van der Waals surface area contributed by atoms with Gasteiger partial charge in [-0.25, -0.2) is 0 Å². The highest BCUT2D eigenvalue weighted by Gasteiger charge is 2.47. The lowest BCUT2D eigenvalue weighted by atomic mass is 9.73. The van der Waals surface area contributed by atoms with E-state index in [0.29, 0.717) is 36.7 Å². The van der Waals surface area contributed by atoms with E-state index >= 15 is 0 Å². The highest BCUT2D eigenvalue weighted by molar-refractivity contribution is 6.31. The molecule has 0 aliphatic rings. The molecule has 2 aromatic carbocycles. The summed E-state index contributed by atoms with van der Waals surface area (Å²) in [7, 11) is 0. The molecule has 188 valence electrons. The monoisotopic (exact) mass is 495 g/mol. The summed E-state index contributed by atoms with van der Waals surface area (Å²) in [5.74, 6) is -0.503. The summed E-state index contributed by atoms with van der Waals surface area (Å²) in [5, 5.41) is 1.52. The molecule has 0 atom stereocenters. The van der Waals surface area contributed by atoms with Gasteiger partial charge >= 0.3 is 5.97 Å². The van der Waals surface area contributed by atoms with Crippen molar-refractivity contribution in [2.75, 3.05) is 6.61 Å². The second-order valence-corrected chi connectivity index (χ2v) is 9.85. The lowest BCUT2D eigenvalue weighted by Gasteiger charge is -2.31. The fourth-order valence-corrected chi connectivity index (χ4v) is 4.85. The molecule has 5 heteroatoms. The first-order valence-electron chi connectivity index (χ1n) is 13.0. The summed E-state index contributed by atoms with van der Waals surface area (Å²) in [6.07, 6.45) is 6.14. The highest BCUT2D eigenvalue weighted by atomic mass is 35.5. The Hall–Kier alpha value is -2.59. The number of aromatic nitrogens is 1. The van der Waals surface area contributed by atoms with Crippen molar-refractivity contribution in [3.63, 3.8) is 0 Å². The van der Waals surface area contributed by atoms with Gasteiger partial charge in [-0.3, -0.25) is 9.59 Å². The molecule has 35 heavy (non-hydrogen) atoms. The van der Waals surface area contributed by atoms with Gasteiger partial charge in [-0.1, -0.05) is 94.8 Å². The lowest BCUT2D eigenvalue weighted by molar-refractivity contribution is -0.154. The second kappa shape index (κ2) is 12.9. The van der Waals surface area contributed by atoms with E-state index in [1.165, 1.54) is 0 Å². The van der Waals surface area contributed by atoms with E-state index in [9.17, 15) is 9.59 Å². The van der Waals surface area contributed by atoms with Crippen LogP contribution in [-0.4, -0.2) is 22.9 Å². The van der Waals surface area contributed by atoms with Gasteiger partial charge in [-0.05, 0) is 49.1 Å². The number of carbonyl (C=O) groups is 2. The number of esters is 1. The number of unbranched alkanes of at least 4 members (excludes halogenated alkanes) is 3. The van der Waals surface area contributed by atoms with Crippen LogP contribution in [0.25, 0.3) is 10.9 Å². The smallest absolute Gasteiger partial charge is 0.320 e. The molecule has 0 saturated heterocycles. The molecular weight excluding hydrogens is 458 g/mol. The molecule has 0 spiro atoms. The Morgan fingerprint density at radius 1 is 0.886 bits per heavy atom. The van der Waals surface area contributed by atoms with Gasteiger partial charge in [0, 0.05) is 22.5 Å². The Morgan fingerprint density at radius 3 is 2.17 bits per heavy atom. The van der Waals surface area contributed by atoms with Gasteiger partial charge in [-0.15, -0.1) is 0 Å². The Bertz CT molecular complexity index is 1110. The number of carbonyl (C=O) groups excluding carboxylic acids is 2. The number of fused-ring (bicyclic) bond motifs is 1. The number of rotatable bonds is 14. The van der Waals surface area contributed by atoms with Crippen molar-refractivity contribution < 1.29 is 14.3 Å². The van der Waals surface area contributed by atoms with Crippen molar-refractivity contribution in [2.45, 2.75) is 78.7 Å². The second-order valence-electron chi connectivity index (χ2n) is 9.41. The van der Waals surface area contributed by atoms with Gasteiger partial charge in [0.2, 0.25) is 0 Å². The third kappa shape index (κ3) is 6.35. The zero-order valence-corrected chi connectivity index (χ0v) is 22.1. The van der Waals surface area contributed by atoms with E-state index in [0.717, 1.165) is 55.0 Å². The van der Waals surface area contributed by atoms with E-state index in [1.807, 2.05) is 47.0 Å². The normalized spacial score (nSPS) is 11.7. The molecule has 0 amide bonds. The molecule has 0 saturated carbocycles. The van der Waals surface area contributed by atoms with Crippen LogP contribution in [0.4, 0.5) is 0 Å². The lowest BCUT2D eigenvalue weighted by Crippen LogP contribution is -2.42. The van der Waals surface area contributed by atoms with Crippen LogP contribution in [0.5, 0.6) is 0 Å². The number of halogens is 1. The highest BCUT2D eigenvalue weighted by Crippen LogP contribution is 2.38. The number of ketones is 1. The molecule has 4 nitrogen and oxygen atoms in total. The maximum atomic E-state index is 14.5. The van der Waals surface area contributed by atoms with Crippen LogP contribution in [0.1, 0.15) is 88.2 Å². The molecule has 1 aromatic heterocycles. The molecule has 0 aliphatic carbocycles. The topological polar surface area (TPSA) is 48.3 Å². The largest absolute Gasteiger partial charge is 0.465 e. The molecule has 0 aliphatic heterocycles. The average Bonchev–Trinajstić information content (AvgIpc) is 3.21. The fraction of sp³-hybridized carbons (Fsp3) is 0.467. The van der Waals surface area contributed by atoms with E-state index in [1.54, 1.807) is 0 Å². The van der Waals surface area contributed by atoms with Gasteiger partial charge in [0.15, 0.2) is 5.78 Å². The maximum absolute atomic E-state index is 14.5. The predicted octanol–water partition coefficient (Wildman–Crippen LogP) is 8.24. The Kier molecular flexibility index (Phi) is 9.97. The molecule has 0 N–H and O–H groups in total. The Balaban J connectivity index is 2.14. The van der Waals surface area contributed by atoms with E-state index in [-0.39, 0.29) is 11.8 Å². The predicted molar refractivity (Wildman–Crippen MR) is 144 cm³/mol. The van der Waals surface area contributed by atoms with Crippen LogP contribution in [-0.2, 0) is 16.1 Å². The van der Waals surface area contributed by atoms with Crippen molar-refractivity contribution in [3.8, 4) is 0 Å². The fourth-order valence-electron chi connectivity index (χ4n) is 4.66. The minimum atomic E-state index is -1.17. The van der Waals surface area contributed by atoms with Crippen molar-refractivity contribution in [1.82, 2.24) is 4.57 Å². The van der Waals surface area contributed by atoms with Crippen LogP contribution in [0.15, 0.2) is 54.6 Å². The summed E-state index contributed by atoms with van der Waals surface area (Å²) in [6, 6.07) is 17.7. The van der Waals surface area contributed by atoms with Crippen LogP contribution in [0, 0.1) is 5.41 Å². The van der Waals surface area contributed by atoms with Crippen LogP contribution < -0.4 is 0 Å². The number of hydrogen-bond donors (Lipinski definition) is 0. The molecule has 3 rings (SSSR count). The summed E-state index contributed by atoms with van der Waals surface area (Å²) >= 11 is 6.30. The van der Waals surface area contributed by atoms with E-state index < -0.39 is 5.41 Å². The summed E-state index contributed by atoms with van der Waals surface area (Å²) in [4.78, 5) is 28.1. The van der Waals surface area contributed by atoms with Crippen LogP contribution >= 0.6 is 11.6 Å². The van der Waals surface area contributed by atoms with Crippen LogP contribution in [0.3, 0.4) is 0 Å². The number of benzene rings is 2. The molecule has 0 fully saturated rings. The van der Waals surface area contributed by atoms with Crippen molar-refractivity contribution in [2.24, 2.45) is 5.41 Å². The summed E-state index contributed by atoms with van der Waals surface area (Å²) in [5.41, 5.74) is 1.39. The molecule has 1 heterocycles. The summed E-state index contributed by atoms with van der Waals surface area (Å²) < 4.78 is 7.78. The SMILES string of the molecule is CCCCOC(=O)C(CCCC)(CCCC)C(=O)c1cc2cc(Cl)ccc2n1Cc1ccccc1. The number of Topliss-reactive ketones (excluding diaryl/α,β-unsaturated/α-hetero) is 1. The Morgan fingerprint density at radius 2 is 1.54 bits per heavy atom. The first-order chi connectivity index (χ1) is 17.0. The third-order valence-electron chi connectivity index (χ3n) is 6.75. The van der Waals surface area contributed by atoms with E-state index in [4.69, 9.17) is 16.3 Å². The molecular formula is C30H38ClNO3. The first-order valence-corrected chi connectivity index (χ1v) is 13.4. The average molecular weight is 496 g/mol. The van der Waals surface area contributed by atoms with Gasteiger partial charge in [0.05, 0.1) is 12.3 Å². The van der Waals surface area contributed by atoms with Crippen molar-refractivity contribution in [3.05, 3.63) is 70.9 Å². The zero-order valence-electron chi connectivity index (χ0n) is 21.3. The maximum Gasteiger partial charge on any atom is 0.320 e. The molecule has 0 radical (unpaired) electrons.